The van der Waals surface area contributed by atoms with E-state index in [0.29, 0.717) is 17.3 Å². The third-order valence-electron chi connectivity index (χ3n) is 3.86. The van der Waals surface area contributed by atoms with E-state index in [4.69, 9.17) is 16.3 Å². The minimum atomic E-state index is -0.953. The van der Waals surface area contributed by atoms with E-state index in [2.05, 4.69) is 20.3 Å². The van der Waals surface area contributed by atoms with Gasteiger partial charge in [-0.25, -0.2) is 15.0 Å². The molecule has 1 N–H and O–H groups in total. The van der Waals surface area contributed by atoms with Crippen LogP contribution in [0.5, 0.6) is 0 Å². The summed E-state index contributed by atoms with van der Waals surface area (Å²) in [6.07, 6.45) is 3.06. The van der Waals surface area contributed by atoms with Crippen LogP contribution in [0.4, 0.5) is 5.69 Å². The summed E-state index contributed by atoms with van der Waals surface area (Å²) in [4.78, 5) is 36.9. The van der Waals surface area contributed by atoms with Gasteiger partial charge in [-0.2, -0.15) is 0 Å². The van der Waals surface area contributed by atoms with E-state index in [9.17, 15) is 9.59 Å². The Balaban J connectivity index is 1.90. The molecule has 0 saturated heterocycles. The minimum absolute atomic E-state index is 0.134. The molecular formula is C18H21ClN4O3S. The number of pyridine rings is 1. The number of amides is 1. The van der Waals surface area contributed by atoms with Crippen LogP contribution in [0.2, 0.25) is 5.15 Å². The van der Waals surface area contributed by atoms with Crippen molar-refractivity contribution in [3.05, 3.63) is 40.4 Å². The van der Waals surface area contributed by atoms with Gasteiger partial charge in [-0.05, 0) is 51.1 Å². The van der Waals surface area contributed by atoms with Crippen LogP contribution in [0, 0.1) is 13.8 Å². The van der Waals surface area contributed by atoms with Crippen LogP contribution >= 0.6 is 23.4 Å². The Morgan fingerprint density at radius 2 is 1.96 bits per heavy atom. The maximum Gasteiger partial charge on any atom is 0.306 e. The first-order chi connectivity index (χ1) is 12.8. The van der Waals surface area contributed by atoms with Gasteiger partial charge < -0.3 is 10.1 Å². The van der Waals surface area contributed by atoms with Gasteiger partial charge in [-0.15, -0.1) is 0 Å². The van der Waals surface area contributed by atoms with Gasteiger partial charge in [-0.3, -0.25) is 9.59 Å². The largest absolute Gasteiger partial charge is 0.453 e. The number of ether oxygens (including phenoxy) is 1. The fraction of sp³-hybridized carbons (Fsp3) is 0.389. The summed E-state index contributed by atoms with van der Waals surface area (Å²) < 4.78 is 5.21. The summed E-state index contributed by atoms with van der Waals surface area (Å²) in [6.45, 7) is 5.29. The number of halogens is 1. The number of esters is 1. The molecular weight excluding hydrogens is 388 g/mol. The molecule has 9 heteroatoms. The third-order valence-corrected chi connectivity index (χ3v) is 4.71. The van der Waals surface area contributed by atoms with Crippen LogP contribution in [-0.2, 0) is 20.7 Å². The highest BCUT2D eigenvalue weighted by molar-refractivity contribution is 7.98. The molecule has 2 aromatic heterocycles. The van der Waals surface area contributed by atoms with E-state index in [1.807, 2.05) is 20.1 Å². The van der Waals surface area contributed by atoms with Gasteiger partial charge in [0.1, 0.15) is 0 Å². The number of carbonyl (C=O) groups excluding carboxylic acids is 2. The van der Waals surface area contributed by atoms with Gasteiger partial charge in [0.15, 0.2) is 16.4 Å². The Kier molecular flexibility index (Phi) is 7.55. The van der Waals surface area contributed by atoms with Crippen molar-refractivity contribution in [3.63, 3.8) is 0 Å². The SMILES string of the molecule is CSc1nc(C)c(CCC(=O)O[C@H](C)C(=O)Nc2cccnc2Cl)c(C)n1. The molecule has 0 saturated carbocycles. The fourth-order valence-corrected chi connectivity index (χ4v) is 3.04. The van der Waals surface area contributed by atoms with Gasteiger partial charge >= 0.3 is 5.97 Å². The average Bonchev–Trinajstić information content (AvgIpc) is 2.62. The molecule has 0 radical (unpaired) electrons. The minimum Gasteiger partial charge on any atom is -0.453 e. The molecule has 2 rings (SSSR count). The highest BCUT2D eigenvalue weighted by atomic mass is 35.5. The molecule has 1 atom stereocenters. The van der Waals surface area contributed by atoms with Crippen LogP contribution in [0.3, 0.4) is 0 Å². The van der Waals surface area contributed by atoms with Crippen LogP contribution < -0.4 is 5.32 Å². The zero-order valence-corrected chi connectivity index (χ0v) is 17.1. The molecule has 0 aromatic carbocycles. The number of nitrogens with zero attached hydrogens (tertiary/aromatic N) is 3. The molecule has 0 aliphatic heterocycles. The predicted octanol–water partition coefficient (Wildman–Crippen LogP) is 3.37. The van der Waals surface area contributed by atoms with Crippen molar-refractivity contribution in [1.82, 2.24) is 15.0 Å². The van der Waals surface area contributed by atoms with E-state index in [-0.39, 0.29) is 11.6 Å². The maximum atomic E-state index is 12.2. The van der Waals surface area contributed by atoms with Crippen molar-refractivity contribution < 1.29 is 14.3 Å². The molecule has 2 heterocycles. The molecule has 27 heavy (non-hydrogen) atoms. The van der Waals surface area contributed by atoms with Crippen LogP contribution in [0.1, 0.15) is 30.3 Å². The standard InChI is InChI=1S/C18H21ClN4O3S/c1-10-13(11(2)22-18(21-10)27-4)7-8-15(24)26-12(3)17(25)23-14-6-5-9-20-16(14)19/h5-6,9,12H,7-8H2,1-4H3,(H,23,25)/t12-/m1/s1. The highest BCUT2D eigenvalue weighted by Gasteiger charge is 2.19. The van der Waals surface area contributed by atoms with Crippen molar-refractivity contribution in [1.29, 1.82) is 0 Å². The number of nitrogens with one attached hydrogen (secondary N) is 1. The number of aryl methyl sites for hydroxylation is 2. The summed E-state index contributed by atoms with van der Waals surface area (Å²) in [7, 11) is 0. The summed E-state index contributed by atoms with van der Waals surface area (Å²) in [6, 6.07) is 3.26. The Morgan fingerprint density at radius 3 is 2.56 bits per heavy atom. The molecule has 144 valence electrons. The lowest BCUT2D eigenvalue weighted by Gasteiger charge is -2.14. The van der Waals surface area contributed by atoms with Crippen molar-refractivity contribution in [2.75, 3.05) is 11.6 Å². The molecule has 0 aliphatic rings. The first-order valence-corrected chi connectivity index (χ1v) is 9.91. The number of anilines is 1. The van der Waals surface area contributed by atoms with Crippen molar-refractivity contribution in [2.45, 2.75) is 44.9 Å². The molecule has 0 unspecified atom stereocenters. The zero-order valence-electron chi connectivity index (χ0n) is 15.6. The van der Waals surface area contributed by atoms with Crippen molar-refractivity contribution >= 4 is 40.9 Å². The molecule has 7 nitrogen and oxygen atoms in total. The Morgan fingerprint density at radius 1 is 1.30 bits per heavy atom. The van der Waals surface area contributed by atoms with Crippen molar-refractivity contribution in [2.24, 2.45) is 0 Å². The maximum absolute atomic E-state index is 12.2. The topological polar surface area (TPSA) is 94.1 Å². The number of carbonyl (C=O) groups is 2. The Bertz CT molecular complexity index is 824. The van der Waals surface area contributed by atoms with E-state index in [0.717, 1.165) is 17.0 Å². The second-order valence-corrected chi connectivity index (χ2v) is 6.95. The highest BCUT2D eigenvalue weighted by Crippen LogP contribution is 2.19. The van der Waals surface area contributed by atoms with Gasteiger partial charge in [0, 0.05) is 24.0 Å². The second kappa shape index (κ2) is 9.66. The quantitative estimate of drug-likeness (QED) is 0.325. The predicted molar refractivity (Wildman–Crippen MR) is 105 cm³/mol. The molecule has 1 amide bonds. The first kappa shape index (κ1) is 21.1. The van der Waals surface area contributed by atoms with E-state index < -0.39 is 18.0 Å². The lowest BCUT2D eigenvalue weighted by atomic mass is 10.1. The monoisotopic (exact) mass is 408 g/mol. The lowest BCUT2D eigenvalue weighted by Crippen LogP contribution is -2.30. The molecule has 0 fully saturated rings. The first-order valence-electron chi connectivity index (χ1n) is 8.30. The zero-order chi connectivity index (χ0) is 20.0. The lowest BCUT2D eigenvalue weighted by molar-refractivity contribution is -0.153. The summed E-state index contributed by atoms with van der Waals surface area (Å²) in [5.41, 5.74) is 2.97. The van der Waals surface area contributed by atoms with Gasteiger partial charge in [0.2, 0.25) is 0 Å². The molecule has 0 aliphatic carbocycles. The number of aromatic nitrogens is 3. The normalized spacial score (nSPS) is 11.7. The van der Waals surface area contributed by atoms with Crippen LogP contribution in [0.25, 0.3) is 0 Å². The van der Waals surface area contributed by atoms with Crippen molar-refractivity contribution in [3.8, 4) is 0 Å². The Labute approximate surface area is 167 Å². The summed E-state index contributed by atoms with van der Waals surface area (Å²) >= 11 is 7.37. The number of thioether (sulfide) groups is 1. The fourth-order valence-electron chi connectivity index (χ4n) is 2.41. The Hall–Kier alpha value is -2.19. The van der Waals surface area contributed by atoms with E-state index in [1.54, 1.807) is 12.1 Å². The van der Waals surface area contributed by atoms with Crippen LogP contribution in [-0.4, -0.2) is 39.2 Å². The van der Waals surface area contributed by atoms with E-state index in [1.165, 1.54) is 24.9 Å². The molecule has 0 spiro atoms. The molecule has 0 bridgehead atoms. The van der Waals surface area contributed by atoms with E-state index >= 15 is 0 Å². The third kappa shape index (κ3) is 5.90. The second-order valence-electron chi connectivity index (χ2n) is 5.82. The number of hydrogen-bond donors (Lipinski definition) is 1. The summed E-state index contributed by atoms with van der Waals surface area (Å²) in [5, 5.41) is 3.46. The molecule has 2 aromatic rings. The summed E-state index contributed by atoms with van der Waals surface area (Å²) in [5.74, 6) is -0.944. The number of rotatable bonds is 7. The van der Waals surface area contributed by atoms with Gasteiger partial charge in [0.05, 0.1) is 5.69 Å². The van der Waals surface area contributed by atoms with Crippen LogP contribution in [0.15, 0.2) is 23.5 Å². The van der Waals surface area contributed by atoms with Gasteiger partial charge in [0.25, 0.3) is 5.91 Å². The average molecular weight is 409 g/mol. The smallest absolute Gasteiger partial charge is 0.306 e. The van der Waals surface area contributed by atoms with Gasteiger partial charge in [-0.1, -0.05) is 23.4 Å². The number of hydrogen-bond acceptors (Lipinski definition) is 7.